The molecule has 0 bridgehead atoms. The highest BCUT2D eigenvalue weighted by molar-refractivity contribution is 5.92. The molecule has 3 aromatic rings. The first-order valence-corrected chi connectivity index (χ1v) is 9.21. The van der Waals surface area contributed by atoms with Gasteiger partial charge in [-0.2, -0.15) is 8.78 Å². The van der Waals surface area contributed by atoms with E-state index in [1.165, 1.54) is 24.3 Å². The second-order valence-electron chi connectivity index (χ2n) is 6.59. The van der Waals surface area contributed by atoms with E-state index in [0.29, 0.717) is 5.69 Å². The molecule has 0 aromatic heterocycles. The van der Waals surface area contributed by atoms with Crippen LogP contribution in [0, 0.1) is 6.92 Å². The zero-order chi connectivity index (χ0) is 20.6. The Hall–Kier alpha value is -3.25. The van der Waals surface area contributed by atoms with Gasteiger partial charge in [0.05, 0.1) is 12.6 Å². The van der Waals surface area contributed by atoms with E-state index >= 15 is 0 Å². The monoisotopic (exact) mass is 396 g/mol. The van der Waals surface area contributed by atoms with Crippen LogP contribution in [0.1, 0.15) is 22.7 Å². The first-order chi connectivity index (χ1) is 14.0. The molecule has 0 aliphatic rings. The summed E-state index contributed by atoms with van der Waals surface area (Å²) in [5.41, 5.74) is 3.78. The highest BCUT2D eigenvalue weighted by atomic mass is 19.3. The van der Waals surface area contributed by atoms with Crippen molar-refractivity contribution in [3.8, 4) is 5.75 Å². The Kier molecular flexibility index (Phi) is 6.92. The number of rotatable bonds is 8. The minimum absolute atomic E-state index is 0.0413. The fourth-order valence-electron chi connectivity index (χ4n) is 2.95. The number of halogens is 2. The molecule has 0 saturated carbocycles. The number of ether oxygens (including phenoxy) is 1. The third kappa shape index (κ3) is 6.12. The van der Waals surface area contributed by atoms with E-state index in [1.807, 2.05) is 61.5 Å². The molecule has 1 amide bonds. The summed E-state index contributed by atoms with van der Waals surface area (Å²) in [5.74, 6) is -0.194. The van der Waals surface area contributed by atoms with Crippen molar-refractivity contribution in [1.82, 2.24) is 5.32 Å². The summed E-state index contributed by atoms with van der Waals surface area (Å²) in [6, 6.07) is 23.7. The van der Waals surface area contributed by atoms with Gasteiger partial charge in [-0.15, -0.1) is 0 Å². The van der Waals surface area contributed by atoms with Gasteiger partial charge in [-0.05, 0) is 42.3 Å². The summed E-state index contributed by atoms with van der Waals surface area (Å²) >= 11 is 0. The molecule has 0 saturated heterocycles. The average Bonchev–Trinajstić information content (AvgIpc) is 2.71. The van der Waals surface area contributed by atoms with Crippen LogP contribution in [0.3, 0.4) is 0 Å². The number of anilines is 1. The molecule has 3 aromatic carbocycles. The average molecular weight is 396 g/mol. The van der Waals surface area contributed by atoms with Gasteiger partial charge in [-0.3, -0.25) is 10.1 Å². The lowest BCUT2D eigenvalue weighted by atomic mass is 9.98. The Labute approximate surface area is 168 Å². The lowest BCUT2D eigenvalue weighted by Crippen LogP contribution is -2.31. The fraction of sp³-hybridized carbons (Fsp3) is 0.174. The van der Waals surface area contributed by atoms with Crippen molar-refractivity contribution in [2.45, 2.75) is 19.6 Å². The second-order valence-corrected chi connectivity index (χ2v) is 6.59. The zero-order valence-corrected chi connectivity index (χ0v) is 15.9. The second kappa shape index (κ2) is 9.80. The van der Waals surface area contributed by atoms with Gasteiger partial charge in [-0.25, -0.2) is 0 Å². The van der Waals surface area contributed by atoms with E-state index in [-0.39, 0.29) is 24.2 Å². The maximum atomic E-state index is 12.4. The summed E-state index contributed by atoms with van der Waals surface area (Å²) < 4.78 is 28.7. The van der Waals surface area contributed by atoms with Crippen LogP contribution in [0.15, 0.2) is 78.9 Å². The van der Waals surface area contributed by atoms with E-state index in [4.69, 9.17) is 0 Å². The van der Waals surface area contributed by atoms with Crippen LogP contribution in [0.25, 0.3) is 0 Å². The van der Waals surface area contributed by atoms with Gasteiger partial charge in [0.25, 0.3) is 0 Å². The third-order valence-corrected chi connectivity index (χ3v) is 4.37. The standard InChI is InChI=1S/C23H22F2N2O2/c1-16-7-9-18(10-8-16)22(17-5-3-2-4-6-17)26-15-21(28)27-19-11-13-20(14-12-19)29-23(24)25/h2-14,22-23,26H,15H2,1H3,(H,27,28)/t22-/m0/s1. The van der Waals surface area contributed by atoms with Crippen molar-refractivity contribution >= 4 is 11.6 Å². The van der Waals surface area contributed by atoms with Crippen molar-refractivity contribution < 1.29 is 18.3 Å². The Balaban J connectivity index is 1.64. The highest BCUT2D eigenvalue weighted by Gasteiger charge is 2.15. The molecule has 6 heteroatoms. The minimum atomic E-state index is -2.88. The zero-order valence-electron chi connectivity index (χ0n) is 15.9. The van der Waals surface area contributed by atoms with Gasteiger partial charge in [0.2, 0.25) is 5.91 Å². The first-order valence-electron chi connectivity index (χ1n) is 9.21. The topological polar surface area (TPSA) is 50.4 Å². The number of carbonyl (C=O) groups is 1. The molecular formula is C23H22F2N2O2. The summed E-state index contributed by atoms with van der Waals surface area (Å²) in [5, 5.41) is 6.04. The SMILES string of the molecule is Cc1ccc([C@@H](NCC(=O)Nc2ccc(OC(F)F)cc2)c2ccccc2)cc1. The Morgan fingerprint density at radius 3 is 2.14 bits per heavy atom. The van der Waals surface area contributed by atoms with Gasteiger partial charge >= 0.3 is 6.61 Å². The van der Waals surface area contributed by atoms with Crippen molar-refractivity contribution in [1.29, 1.82) is 0 Å². The number of alkyl halides is 2. The lowest BCUT2D eigenvalue weighted by molar-refractivity contribution is -0.115. The number of hydrogen-bond donors (Lipinski definition) is 2. The van der Waals surface area contributed by atoms with Crippen LogP contribution < -0.4 is 15.4 Å². The quantitative estimate of drug-likeness (QED) is 0.569. The Morgan fingerprint density at radius 2 is 1.52 bits per heavy atom. The number of nitrogens with one attached hydrogen (secondary N) is 2. The molecule has 0 fully saturated rings. The largest absolute Gasteiger partial charge is 0.435 e. The predicted octanol–water partition coefficient (Wildman–Crippen LogP) is 4.91. The molecule has 4 nitrogen and oxygen atoms in total. The van der Waals surface area contributed by atoms with E-state index in [0.717, 1.165) is 16.7 Å². The molecular weight excluding hydrogens is 374 g/mol. The Bertz CT molecular complexity index is 914. The molecule has 0 radical (unpaired) electrons. The summed E-state index contributed by atoms with van der Waals surface area (Å²) in [7, 11) is 0. The molecule has 0 spiro atoms. The van der Waals surface area contributed by atoms with Gasteiger partial charge in [0.1, 0.15) is 5.75 Å². The van der Waals surface area contributed by atoms with Gasteiger partial charge in [-0.1, -0.05) is 60.2 Å². The van der Waals surface area contributed by atoms with Crippen LogP contribution in [0.5, 0.6) is 5.75 Å². The molecule has 29 heavy (non-hydrogen) atoms. The number of aryl methyl sites for hydroxylation is 1. The maximum absolute atomic E-state index is 12.4. The van der Waals surface area contributed by atoms with Crippen LogP contribution in [-0.4, -0.2) is 19.1 Å². The summed E-state index contributed by atoms with van der Waals surface area (Å²) in [6.45, 7) is -0.765. The fourth-order valence-corrected chi connectivity index (χ4v) is 2.95. The van der Waals surface area contributed by atoms with Gasteiger partial charge in [0, 0.05) is 5.69 Å². The van der Waals surface area contributed by atoms with E-state index in [9.17, 15) is 13.6 Å². The van der Waals surface area contributed by atoms with Crippen molar-refractivity contribution in [3.63, 3.8) is 0 Å². The third-order valence-electron chi connectivity index (χ3n) is 4.37. The van der Waals surface area contributed by atoms with Crippen LogP contribution in [0.4, 0.5) is 14.5 Å². The highest BCUT2D eigenvalue weighted by Crippen LogP contribution is 2.22. The van der Waals surface area contributed by atoms with E-state index < -0.39 is 6.61 Å². The minimum Gasteiger partial charge on any atom is -0.435 e. The molecule has 2 N–H and O–H groups in total. The number of amides is 1. The molecule has 150 valence electrons. The lowest BCUT2D eigenvalue weighted by Gasteiger charge is -2.20. The number of hydrogen-bond acceptors (Lipinski definition) is 3. The predicted molar refractivity (Wildman–Crippen MR) is 109 cm³/mol. The summed E-state index contributed by atoms with van der Waals surface area (Å²) in [4.78, 5) is 12.4. The van der Waals surface area contributed by atoms with Crippen LogP contribution >= 0.6 is 0 Å². The van der Waals surface area contributed by atoms with Crippen molar-refractivity contribution in [3.05, 3.63) is 95.6 Å². The van der Waals surface area contributed by atoms with Crippen LogP contribution in [0.2, 0.25) is 0 Å². The van der Waals surface area contributed by atoms with Crippen molar-refractivity contribution in [2.75, 3.05) is 11.9 Å². The van der Waals surface area contributed by atoms with E-state index in [2.05, 4.69) is 15.4 Å². The number of carbonyl (C=O) groups excluding carboxylic acids is 1. The smallest absolute Gasteiger partial charge is 0.387 e. The van der Waals surface area contributed by atoms with E-state index in [1.54, 1.807) is 0 Å². The maximum Gasteiger partial charge on any atom is 0.387 e. The molecule has 0 unspecified atom stereocenters. The van der Waals surface area contributed by atoms with Gasteiger partial charge < -0.3 is 10.1 Å². The first kappa shape index (κ1) is 20.5. The normalized spacial score (nSPS) is 11.9. The van der Waals surface area contributed by atoms with Crippen molar-refractivity contribution in [2.24, 2.45) is 0 Å². The number of benzene rings is 3. The summed E-state index contributed by atoms with van der Waals surface area (Å²) in [6.07, 6.45) is 0. The molecule has 0 heterocycles. The molecule has 1 atom stereocenters. The molecule has 3 rings (SSSR count). The van der Waals surface area contributed by atoms with Crippen LogP contribution in [-0.2, 0) is 4.79 Å². The Morgan fingerprint density at radius 1 is 0.897 bits per heavy atom. The molecule has 0 aliphatic heterocycles. The molecule has 0 aliphatic carbocycles. The van der Waals surface area contributed by atoms with Gasteiger partial charge in [0.15, 0.2) is 0 Å².